The summed E-state index contributed by atoms with van der Waals surface area (Å²) in [6, 6.07) is 5.61. The molecule has 1 aliphatic rings. The van der Waals surface area contributed by atoms with E-state index >= 15 is 0 Å². The molecule has 0 spiro atoms. The summed E-state index contributed by atoms with van der Waals surface area (Å²) in [5.41, 5.74) is 2.18. The summed E-state index contributed by atoms with van der Waals surface area (Å²) in [7, 11) is 0. The van der Waals surface area contributed by atoms with Crippen molar-refractivity contribution in [3.8, 4) is 0 Å². The molecule has 1 aromatic carbocycles. The van der Waals surface area contributed by atoms with Gasteiger partial charge in [-0.2, -0.15) is 0 Å². The van der Waals surface area contributed by atoms with Gasteiger partial charge in [-0.25, -0.2) is 4.98 Å². The van der Waals surface area contributed by atoms with Crippen molar-refractivity contribution in [1.82, 2.24) is 10.3 Å². The summed E-state index contributed by atoms with van der Waals surface area (Å²) in [6.07, 6.45) is 1.99. The second-order valence-corrected chi connectivity index (χ2v) is 6.98. The van der Waals surface area contributed by atoms with Crippen molar-refractivity contribution in [2.45, 2.75) is 39.0 Å². The standard InChI is InChI=1S/C17H23N3O2.ClH/c1-17(2,3)16-20-13-9-12(6-7-14(13)22-16)19-15(21)11-5-4-8-18-10-11;/h6-7,9,11,18H,4-5,8,10H2,1-3H3,(H,19,21);1H. The predicted molar refractivity (Wildman–Crippen MR) is 94.2 cm³/mol. The van der Waals surface area contributed by atoms with Crippen LogP contribution in [0.5, 0.6) is 0 Å². The Balaban J connectivity index is 0.00000192. The van der Waals surface area contributed by atoms with Crippen molar-refractivity contribution in [1.29, 1.82) is 0 Å². The Labute approximate surface area is 142 Å². The van der Waals surface area contributed by atoms with Crippen molar-refractivity contribution in [2.24, 2.45) is 5.92 Å². The zero-order chi connectivity index (χ0) is 15.7. The Hall–Kier alpha value is -1.59. The minimum Gasteiger partial charge on any atom is -0.440 e. The van der Waals surface area contributed by atoms with Gasteiger partial charge >= 0.3 is 0 Å². The first kappa shape index (κ1) is 17.8. The van der Waals surface area contributed by atoms with Gasteiger partial charge in [-0.15, -0.1) is 12.4 Å². The van der Waals surface area contributed by atoms with E-state index in [0.717, 1.165) is 42.7 Å². The molecule has 0 bridgehead atoms. The molecule has 2 heterocycles. The summed E-state index contributed by atoms with van der Waals surface area (Å²) < 4.78 is 5.77. The van der Waals surface area contributed by atoms with Crippen LogP contribution in [0.25, 0.3) is 11.1 Å². The molecule has 1 aliphatic heterocycles. The van der Waals surface area contributed by atoms with Crippen LogP contribution in [0, 0.1) is 5.92 Å². The van der Waals surface area contributed by atoms with E-state index in [-0.39, 0.29) is 29.6 Å². The van der Waals surface area contributed by atoms with Crippen LogP contribution in [0.4, 0.5) is 5.69 Å². The minimum atomic E-state index is -0.129. The summed E-state index contributed by atoms with van der Waals surface area (Å²) in [6.45, 7) is 7.96. The number of rotatable bonds is 2. The fourth-order valence-electron chi connectivity index (χ4n) is 2.65. The molecule has 1 atom stereocenters. The molecule has 1 fully saturated rings. The number of fused-ring (bicyclic) bond motifs is 1. The molecular formula is C17H24ClN3O2. The molecule has 2 aromatic rings. The van der Waals surface area contributed by atoms with Crippen molar-refractivity contribution < 1.29 is 9.21 Å². The summed E-state index contributed by atoms with van der Waals surface area (Å²) in [4.78, 5) is 16.8. The van der Waals surface area contributed by atoms with Crippen LogP contribution in [-0.4, -0.2) is 24.0 Å². The zero-order valence-corrected chi connectivity index (χ0v) is 14.6. The molecule has 2 N–H and O–H groups in total. The number of nitrogens with one attached hydrogen (secondary N) is 2. The third kappa shape index (κ3) is 4.03. The van der Waals surface area contributed by atoms with Crippen molar-refractivity contribution in [2.75, 3.05) is 18.4 Å². The highest BCUT2D eigenvalue weighted by Crippen LogP contribution is 2.27. The van der Waals surface area contributed by atoms with Crippen LogP contribution in [-0.2, 0) is 10.2 Å². The molecule has 23 heavy (non-hydrogen) atoms. The molecule has 0 saturated carbocycles. The van der Waals surface area contributed by atoms with E-state index in [1.165, 1.54) is 0 Å². The molecule has 126 valence electrons. The monoisotopic (exact) mass is 337 g/mol. The van der Waals surface area contributed by atoms with Crippen LogP contribution in [0.15, 0.2) is 22.6 Å². The number of carbonyl (C=O) groups is 1. The number of benzene rings is 1. The van der Waals surface area contributed by atoms with Crippen LogP contribution < -0.4 is 10.6 Å². The van der Waals surface area contributed by atoms with E-state index in [1.807, 2.05) is 18.2 Å². The molecule has 0 radical (unpaired) electrons. The van der Waals surface area contributed by atoms with Crippen LogP contribution in [0.1, 0.15) is 39.5 Å². The van der Waals surface area contributed by atoms with E-state index in [1.54, 1.807) is 0 Å². The second-order valence-electron chi connectivity index (χ2n) is 6.98. The lowest BCUT2D eigenvalue weighted by atomic mass is 9.97. The molecule has 5 nitrogen and oxygen atoms in total. The Morgan fingerprint density at radius 3 is 2.83 bits per heavy atom. The van der Waals surface area contributed by atoms with Gasteiger partial charge in [0.1, 0.15) is 5.52 Å². The lowest BCUT2D eigenvalue weighted by Crippen LogP contribution is -2.37. The number of hydrogen-bond acceptors (Lipinski definition) is 4. The highest BCUT2D eigenvalue weighted by molar-refractivity contribution is 5.94. The largest absolute Gasteiger partial charge is 0.440 e. The first-order valence-corrected chi connectivity index (χ1v) is 7.86. The number of amides is 1. The molecule has 1 aromatic heterocycles. The summed E-state index contributed by atoms with van der Waals surface area (Å²) in [5, 5.41) is 6.25. The average molecular weight is 338 g/mol. The maximum atomic E-state index is 12.3. The number of carbonyl (C=O) groups excluding carboxylic acids is 1. The quantitative estimate of drug-likeness (QED) is 0.880. The summed E-state index contributed by atoms with van der Waals surface area (Å²) in [5.74, 6) is 0.834. The smallest absolute Gasteiger partial charge is 0.228 e. The molecule has 6 heteroatoms. The Kier molecular flexibility index (Phi) is 5.32. The Bertz CT molecular complexity index is 685. The highest BCUT2D eigenvalue weighted by atomic mass is 35.5. The average Bonchev–Trinajstić information content (AvgIpc) is 2.91. The zero-order valence-electron chi connectivity index (χ0n) is 13.8. The van der Waals surface area contributed by atoms with Crippen molar-refractivity contribution >= 4 is 35.1 Å². The third-order valence-corrected chi connectivity index (χ3v) is 3.96. The third-order valence-electron chi connectivity index (χ3n) is 3.96. The number of hydrogen-bond donors (Lipinski definition) is 2. The Morgan fingerprint density at radius 1 is 1.39 bits per heavy atom. The van der Waals surface area contributed by atoms with Crippen LogP contribution in [0.3, 0.4) is 0 Å². The first-order valence-electron chi connectivity index (χ1n) is 7.86. The SMILES string of the molecule is CC(C)(C)c1nc2cc(NC(=O)C3CCCNC3)ccc2o1.Cl. The van der Waals surface area contributed by atoms with Gasteiger partial charge in [0.25, 0.3) is 0 Å². The van der Waals surface area contributed by atoms with Crippen LogP contribution in [0.2, 0.25) is 0 Å². The molecule has 0 aliphatic carbocycles. The maximum Gasteiger partial charge on any atom is 0.228 e. The van der Waals surface area contributed by atoms with Crippen LogP contribution >= 0.6 is 12.4 Å². The fourth-order valence-corrected chi connectivity index (χ4v) is 2.65. The van der Waals surface area contributed by atoms with E-state index in [9.17, 15) is 4.79 Å². The molecule has 1 unspecified atom stereocenters. The molecule has 3 rings (SSSR count). The van der Waals surface area contributed by atoms with E-state index in [2.05, 4.69) is 36.4 Å². The maximum absolute atomic E-state index is 12.3. The van der Waals surface area contributed by atoms with Gasteiger partial charge in [0.2, 0.25) is 11.8 Å². The topological polar surface area (TPSA) is 67.2 Å². The first-order chi connectivity index (χ1) is 10.4. The minimum absolute atomic E-state index is 0. The van der Waals surface area contributed by atoms with E-state index in [4.69, 9.17) is 4.42 Å². The number of halogens is 1. The number of aromatic nitrogens is 1. The van der Waals surface area contributed by atoms with Gasteiger partial charge in [-0.05, 0) is 37.6 Å². The number of piperidine rings is 1. The number of nitrogens with zero attached hydrogens (tertiary/aromatic N) is 1. The van der Waals surface area contributed by atoms with Gasteiger partial charge in [0.15, 0.2) is 5.58 Å². The van der Waals surface area contributed by atoms with E-state index in [0.29, 0.717) is 5.89 Å². The highest BCUT2D eigenvalue weighted by Gasteiger charge is 2.22. The van der Waals surface area contributed by atoms with Gasteiger partial charge in [-0.3, -0.25) is 4.79 Å². The number of oxazole rings is 1. The number of anilines is 1. The van der Waals surface area contributed by atoms with Gasteiger partial charge in [0.05, 0.1) is 5.92 Å². The van der Waals surface area contributed by atoms with Crippen molar-refractivity contribution in [3.63, 3.8) is 0 Å². The Morgan fingerprint density at radius 2 is 2.17 bits per heavy atom. The summed E-state index contributed by atoms with van der Waals surface area (Å²) >= 11 is 0. The van der Waals surface area contributed by atoms with E-state index < -0.39 is 0 Å². The molecular weight excluding hydrogens is 314 g/mol. The fraction of sp³-hybridized carbons (Fsp3) is 0.529. The lowest BCUT2D eigenvalue weighted by Gasteiger charge is -2.21. The van der Waals surface area contributed by atoms with Crippen molar-refractivity contribution in [3.05, 3.63) is 24.1 Å². The van der Waals surface area contributed by atoms with Gasteiger partial charge in [0, 0.05) is 17.6 Å². The molecule has 1 saturated heterocycles. The predicted octanol–water partition coefficient (Wildman–Crippen LogP) is 3.49. The lowest BCUT2D eigenvalue weighted by molar-refractivity contribution is -0.120. The van der Waals surface area contributed by atoms with Gasteiger partial charge < -0.3 is 15.1 Å². The normalized spacial score (nSPS) is 18.5. The van der Waals surface area contributed by atoms with Gasteiger partial charge in [-0.1, -0.05) is 20.8 Å². The molecule has 1 amide bonds. The second kappa shape index (κ2) is 6.89.